The highest BCUT2D eigenvalue weighted by Gasteiger charge is 2.54. The summed E-state index contributed by atoms with van der Waals surface area (Å²) >= 11 is 1.99. The van der Waals surface area contributed by atoms with E-state index in [1.165, 1.54) is 90.7 Å². The molecule has 3 N–H and O–H groups in total. The van der Waals surface area contributed by atoms with Gasteiger partial charge in [0.2, 0.25) is 70.9 Å². The van der Waals surface area contributed by atoms with Gasteiger partial charge in [-0.05, 0) is 164 Å². The van der Waals surface area contributed by atoms with E-state index in [9.17, 15) is 41.9 Å². The SMILES string of the molecule is CCO[C@@H]1C[C@H]2C(=O)NC3(CCC3)C(=O)N(C)[C@@H](C3CCCC3)C(=O)N(C)[C@H](C(=O)N(C)C)CC(=O)N(C)[C@@H](CC)C(=O)N[C@@H]([C@@H](C)CC)C(=O)N(C)CC(=O)N(C)[C@H]3C/C=C\CCN(C3=O)[C@@H](CC3CCC(C(F)(F)F)CC3)C(=O)N(C)CC(=O)N[C@@H](CCC3CCC4SCCC4C3)C(=O)N2C1. The highest BCUT2D eigenvalue weighted by atomic mass is 32.2. The van der Waals surface area contributed by atoms with Crippen LogP contribution in [0.15, 0.2) is 12.2 Å². The maximum absolute atomic E-state index is 15.7. The normalized spacial score (nSPS) is 32.5. The molecule has 3 unspecified atom stereocenters. The van der Waals surface area contributed by atoms with Crippen LogP contribution in [0.2, 0.25) is 0 Å². The summed E-state index contributed by atoms with van der Waals surface area (Å²) in [6.45, 7) is 5.99. The van der Waals surface area contributed by atoms with E-state index in [0.717, 1.165) is 54.1 Å². The summed E-state index contributed by atoms with van der Waals surface area (Å²) in [5.74, 6) is -8.85. The number of hydrogen-bond acceptors (Lipinski definition) is 14. The smallest absolute Gasteiger partial charge is 0.377 e. The molecule has 578 valence electrons. The van der Waals surface area contributed by atoms with Crippen LogP contribution in [0.5, 0.6) is 0 Å². The van der Waals surface area contributed by atoms with Crippen molar-refractivity contribution in [3.8, 4) is 0 Å². The number of alkyl halides is 3. The molecule has 25 nitrogen and oxygen atoms in total. The first kappa shape index (κ1) is 82.1. The lowest BCUT2D eigenvalue weighted by Gasteiger charge is -2.46. The van der Waals surface area contributed by atoms with Crippen molar-refractivity contribution in [2.24, 2.45) is 35.5 Å². The Morgan fingerprint density at radius 2 is 1.34 bits per heavy atom. The zero-order valence-electron chi connectivity index (χ0n) is 63.0. The predicted octanol–water partition coefficient (Wildman–Crippen LogP) is 5.37. The molecule has 0 aromatic carbocycles. The first-order valence-corrected chi connectivity index (χ1v) is 39.0. The molecule has 0 radical (unpaired) electrons. The fourth-order valence-electron chi connectivity index (χ4n) is 17.3. The topological polar surface area (TPSA) is 279 Å². The van der Waals surface area contributed by atoms with Crippen molar-refractivity contribution in [1.29, 1.82) is 0 Å². The largest absolute Gasteiger partial charge is 0.391 e. The number of amides is 12. The number of fused-ring (bicyclic) bond motifs is 4. The van der Waals surface area contributed by atoms with E-state index in [1.54, 1.807) is 32.9 Å². The van der Waals surface area contributed by atoms with Gasteiger partial charge in [0, 0.05) is 87.7 Å². The maximum Gasteiger partial charge on any atom is 0.391 e. The molecule has 8 aliphatic rings. The lowest BCUT2D eigenvalue weighted by molar-refractivity contribution is -0.184. The molecule has 4 aliphatic heterocycles. The minimum atomic E-state index is -4.43. The molecule has 7 fully saturated rings. The van der Waals surface area contributed by atoms with Crippen LogP contribution in [-0.2, 0) is 62.3 Å². The van der Waals surface area contributed by atoms with Gasteiger partial charge in [0.1, 0.15) is 53.9 Å². The van der Waals surface area contributed by atoms with Crippen LogP contribution >= 0.6 is 11.8 Å². The minimum Gasteiger partial charge on any atom is -0.377 e. The molecule has 3 saturated heterocycles. The zero-order valence-corrected chi connectivity index (χ0v) is 63.8. The first-order valence-electron chi connectivity index (χ1n) is 38.0. The molecule has 13 atom stereocenters. The van der Waals surface area contributed by atoms with Crippen LogP contribution in [0, 0.1) is 35.5 Å². The van der Waals surface area contributed by atoms with Gasteiger partial charge in [-0.1, -0.05) is 52.2 Å². The van der Waals surface area contributed by atoms with Gasteiger partial charge in [-0.25, -0.2) is 0 Å². The van der Waals surface area contributed by atoms with Crippen LogP contribution in [-0.4, -0.2) is 281 Å². The van der Waals surface area contributed by atoms with Gasteiger partial charge < -0.3 is 64.8 Å². The van der Waals surface area contributed by atoms with Gasteiger partial charge in [0.15, 0.2) is 0 Å². The Bertz CT molecular complexity index is 3090. The Hall–Kier alpha value is -6.52. The number of carbonyl (C=O) groups excluding carboxylic acids is 12. The molecule has 0 aromatic rings. The summed E-state index contributed by atoms with van der Waals surface area (Å²) in [6, 6.07) is -10.0. The van der Waals surface area contributed by atoms with Crippen molar-refractivity contribution in [2.75, 3.05) is 94.9 Å². The molecule has 8 rings (SSSR count). The zero-order chi connectivity index (χ0) is 75.5. The lowest BCUT2D eigenvalue weighted by atomic mass is 9.74. The number of nitrogens with one attached hydrogen (secondary N) is 3. The third-order valence-electron chi connectivity index (χ3n) is 24.2. The number of likely N-dealkylation sites (N-methyl/N-ethyl adjacent to an activating group) is 7. The van der Waals surface area contributed by atoms with Crippen molar-refractivity contribution in [3.05, 3.63) is 12.2 Å². The first-order chi connectivity index (χ1) is 48.7. The third-order valence-corrected chi connectivity index (χ3v) is 25.7. The van der Waals surface area contributed by atoms with Gasteiger partial charge in [0.25, 0.3) is 0 Å². The molecule has 2 bridgehead atoms. The Labute approximate surface area is 611 Å². The summed E-state index contributed by atoms with van der Waals surface area (Å²) in [7, 11) is 11.5. The van der Waals surface area contributed by atoms with Gasteiger partial charge in [0.05, 0.1) is 31.5 Å². The summed E-state index contributed by atoms with van der Waals surface area (Å²) in [4.78, 5) is 192. The maximum atomic E-state index is 15.7. The summed E-state index contributed by atoms with van der Waals surface area (Å²) in [5.41, 5.74) is -1.53. The van der Waals surface area contributed by atoms with Crippen molar-refractivity contribution in [3.63, 3.8) is 0 Å². The number of halogens is 3. The third kappa shape index (κ3) is 19.6. The van der Waals surface area contributed by atoms with E-state index in [-0.39, 0.29) is 109 Å². The van der Waals surface area contributed by atoms with Crippen molar-refractivity contribution in [2.45, 2.75) is 253 Å². The van der Waals surface area contributed by atoms with E-state index in [1.807, 2.05) is 18.7 Å². The quantitative estimate of drug-likeness (QED) is 0.207. The van der Waals surface area contributed by atoms with E-state index in [0.29, 0.717) is 43.3 Å². The molecule has 4 saturated carbocycles. The van der Waals surface area contributed by atoms with Crippen LogP contribution in [0.1, 0.15) is 182 Å². The molecule has 4 heterocycles. The molecule has 12 amide bonds. The van der Waals surface area contributed by atoms with Crippen LogP contribution in [0.4, 0.5) is 13.2 Å². The Balaban J connectivity index is 1.18. The van der Waals surface area contributed by atoms with Crippen molar-refractivity contribution in [1.82, 2.24) is 60.0 Å². The molecule has 1 spiro atoms. The molecule has 103 heavy (non-hydrogen) atoms. The molecule has 0 aromatic heterocycles. The van der Waals surface area contributed by atoms with E-state index < -0.39 is 174 Å². The summed E-state index contributed by atoms with van der Waals surface area (Å²) in [6.07, 6.45) is 6.69. The molecular formula is C74H117F3N12O13S. The Morgan fingerprint density at radius 1 is 0.670 bits per heavy atom. The molecule has 4 aliphatic carbocycles. The van der Waals surface area contributed by atoms with Crippen LogP contribution in [0.25, 0.3) is 0 Å². The fourth-order valence-corrected chi connectivity index (χ4v) is 18.9. The summed E-state index contributed by atoms with van der Waals surface area (Å²) in [5, 5.41) is 9.48. The predicted molar refractivity (Wildman–Crippen MR) is 382 cm³/mol. The average Bonchev–Trinajstić information content (AvgIpc) is 1.74. The minimum absolute atomic E-state index is 0.0173. The van der Waals surface area contributed by atoms with Gasteiger partial charge >= 0.3 is 6.18 Å². The molecule has 29 heteroatoms. The Kier molecular flexibility index (Phi) is 28.9. The summed E-state index contributed by atoms with van der Waals surface area (Å²) < 4.78 is 48.5. The number of hydrogen-bond donors (Lipinski definition) is 3. The van der Waals surface area contributed by atoms with Gasteiger partial charge in [-0.3, -0.25) is 57.5 Å². The van der Waals surface area contributed by atoms with E-state index >= 15 is 28.8 Å². The van der Waals surface area contributed by atoms with E-state index in [2.05, 4.69) is 16.0 Å². The standard InChI is InChI=1S/C74H117F3N12O13S/c1-13-45(4)62-70(99)83(8)44-61(92)85(10)54-24-17-16-20-36-88(69(54)98)57(39-47-25-29-50(30-26-47)74(75,76)77)68(97)82(7)43-59(90)78-52(31-27-46-28-32-58-49(38-46)33-37-103-58)66(95)89-42-51(102-15-3)40-55(89)65(94)80-73(34-21-35-73)72(101)87(12)63(48-22-18-19-23-48)71(100)86(11)56(67(96)81(5)6)41-60(91)84(9)53(14-2)64(93)79-62/h16-17,45-58,62-63H,13-15,18-44H2,1-12H3,(H,78,90)(H,79,93)(H,80,94)/b17-16-/t45-,46?,47?,49?,50?,51+,52-,53-,54-,55-,56-,57-,58?,62-,63-/m0/s1. The van der Waals surface area contributed by atoms with Gasteiger partial charge in [-0.2, -0.15) is 24.9 Å². The van der Waals surface area contributed by atoms with Crippen LogP contribution in [0.3, 0.4) is 0 Å². The number of nitrogens with zero attached hydrogens (tertiary/aromatic N) is 9. The number of rotatable bonds is 12. The number of carbonyl (C=O) groups is 12. The highest BCUT2D eigenvalue weighted by Crippen LogP contribution is 2.46. The second-order valence-electron chi connectivity index (χ2n) is 31.1. The second kappa shape index (κ2) is 36.2. The average molecular weight is 1470 g/mol. The van der Waals surface area contributed by atoms with Crippen LogP contribution < -0.4 is 16.0 Å². The number of thioether (sulfide) groups is 1. The van der Waals surface area contributed by atoms with Crippen molar-refractivity contribution < 1.29 is 75.4 Å². The fraction of sp³-hybridized carbons (Fsp3) is 0.811. The Morgan fingerprint density at radius 3 is 1.96 bits per heavy atom. The second-order valence-corrected chi connectivity index (χ2v) is 32.5. The highest BCUT2D eigenvalue weighted by molar-refractivity contribution is 8.00. The van der Waals surface area contributed by atoms with Crippen molar-refractivity contribution >= 4 is 82.6 Å². The number of ether oxygens (including phenoxy) is 1. The van der Waals surface area contributed by atoms with Gasteiger partial charge in [-0.15, -0.1) is 0 Å². The van der Waals surface area contributed by atoms with E-state index in [4.69, 9.17) is 4.74 Å². The molecular weight excluding hydrogens is 1350 g/mol. The lowest BCUT2D eigenvalue weighted by Crippen LogP contribution is -2.68. The monoisotopic (exact) mass is 1470 g/mol.